The van der Waals surface area contributed by atoms with Gasteiger partial charge in [0.15, 0.2) is 0 Å². The van der Waals surface area contributed by atoms with Gasteiger partial charge in [-0.3, -0.25) is 0 Å². The van der Waals surface area contributed by atoms with E-state index in [1.807, 2.05) is 0 Å². The highest BCUT2D eigenvalue weighted by Gasteiger charge is 2.31. The second-order valence-corrected chi connectivity index (χ2v) is 3.43. The van der Waals surface area contributed by atoms with Gasteiger partial charge in [-0.05, 0) is 12.8 Å². The van der Waals surface area contributed by atoms with Crippen LogP contribution in [-0.4, -0.2) is 22.2 Å². The first kappa shape index (κ1) is 10.5. The molecule has 1 aliphatic rings. The Kier molecular flexibility index (Phi) is 3.06. The molecule has 76 valence electrons. The Labute approximate surface area is 81.6 Å². The fourth-order valence-electron chi connectivity index (χ4n) is 1.45. The zero-order chi connectivity index (χ0) is 10.6. The summed E-state index contributed by atoms with van der Waals surface area (Å²) < 4.78 is 0. The summed E-state index contributed by atoms with van der Waals surface area (Å²) in [5.74, 6) is -2.00. The number of allylic oxidation sites excluding steroid dienone is 2. The lowest BCUT2D eigenvalue weighted by molar-refractivity contribution is -0.132. The molecule has 14 heavy (non-hydrogen) atoms. The van der Waals surface area contributed by atoms with Gasteiger partial charge in [-0.2, -0.15) is 0 Å². The molecule has 4 nitrogen and oxygen atoms in total. The highest BCUT2D eigenvalue weighted by molar-refractivity contribution is 5.81. The Hall–Kier alpha value is -1.58. The zero-order valence-electron chi connectivity index (χ0n) is 7.64. The molecule has 1 saturated carbocycles. The van der Waals surface area contributed by atoms with E-state index in [0.717, 1.165) is 31.4 Å². The van der Waals surface area contributed by atoms with Crippen LogP contribution in [0.25, 0.3) is 0 Å². The van der Waals surface area contributed by atoms with Crippen molar-refractivity contribution >= 4 is 11.9 Å². The first-order valence-corrected chi connectivity index (χ1v) is 4.38. The maximum Gasteiger partial charge on any atom is 0.328 e. The number of carbonyl (C=O) groups is 2. The Bertz CT molecular complexity index is 271. The summed E-state index contributed by atoms with van der Waals surface area (Å²) in [7, 11) is 0. The molecular weight excluding hydrogens is 184 g/mol. The average molecular weight is 196 g/mol. The molecule has 0 amide bonds. The summed E-state index contributed by atoms with van der Waals surface area (Å²) in [5.41, 5.74) is -0.337. The quantitative estimate of drug-likeness (QED) is 0.667. The fraction of sp³-hybridized carbons (Fsp3) is 0.400. The molecule has 0 aromatic rings. The molecule has 0 atom stereocenters. The smallest absolute Gasteiger partial charge is 0.328 e. The second kappa shape index (κ2) is 4.09. The molecular formula is C10H12O4. The predicted octanol–water partition coefficient (Wildman–Crippen LogP) is 1.44. The van der Waals surface area contributed by atoms with E-state index in [4.69, 9.17) is 10.2 Å². The largest absolute Gasteiger partial charge is 0.478 e. The van der Waals surface area contributed by atoms with Crippen LogP contribution in [0.2, 0.25) is 0 Å². The number of hydrogen-bond acceptors (Lipinski definition) is 2. The number of rotatable bonds is 4. The van der Waals surface area contributed by atoms with Crippen LogP contribution in [0.4, 0.5) is 0 Å². The normalized spacial score (nSPS) is 19.7. The maximum atomic E-state index is 10.3. The van der Waals surface area contributed by atoms with Crippen molar-refractivity contribution in [2.24, 2.45) is 5.41 Å². The molecule has 0 heterocycles. The Morgan fingerprint density at radius 1 is 1.00 bits per heavy atom. The van der Waals surface area contributed by atoms with Crippen molar-refractivity contribution in [2.75, 3.05) is 0 Å². The van der Waals surface area contributed by atoms with Crippen molar-refractivity contribution in [3.63, 3.8) is 0 Å². The lowest BCUT2D eigenvalue weighted by atomic mass is 9.68. The zero-order valence-corrected chi connectivity index (χ0v) is 7.64. The number of aliphatic carboxylic acids is 2. The summed E-state index contributed by atoms with van der Waals surface area (Å²) in [4.78, 5) is 20.6. The van der Waals surface area contributed by atoms with Gasteiger partial charge in [0.2, 0.25) is 0 Å². The molecule has 0 radical (unpaired) electrons. The molecule has 4 heteroatoms. The lowest BCUT2D eigenvalue weighted by Crippen LogP contribution is -2.24. The Morgan fingerprint density at radius 3 is 1.64 bits per heavy atom. The molecule has 0 bridgehead atoms. The summed E-state index contributed by atoms with van der Waals surface area (Å²) in [6.45, 7) is 0. The number of carboxylic acids is 2. The summed E-state index contributed by atoms with van der Waals surface area (Å²) >= 11 is 0. The van der Waals surface area contributed by atoms with Gasteiger partial charge in [0.1, 0.15) is 0 Å². The van der Waals surface area contributed by atoms with Gasteiger partial charge in [-0.15, -0.1) is 0 Å². The van der Waals surface area contributed by atoms with Crippen LogP contribution in [0.1, 0.15) is 19.3 Å². The molecule has 0 spiro atoms. The molecule has 2 N–H and O–H groups in total. The molecule has 0 aromatic carbocycles. The summed E-state index contributed by atoms with van der Waals surface area (Å²) in [5, 5.41) is 16.9. The van der Waals surface area contributed by atoms with E-state index < -0.39 is 11.9 Å². The van der Waals surface area contributed by atoms with Gasteiger partial charge < -0.3 is 10.2 Å². The molecule has 0 unspecified atom stereocenters. The van der Waals surface area contributed by atoms with E-state index in [1.54, 1.807) is 12.2 Å². The third kappa shape index (κ3) is 2.73. The van der Waals surface area contributed by atoms with Crippen molar-refractivity contribution in [3.8, 4) is 0 Å². The highest BCUT2D eigenvalue weighted by atomic mass is 16.4. The van der Waals surface area contributed by atoms with Crippen molar-refractivity contribution in [3.05, 3.63) is 24.3 Å². The molecule has 1 fully saturated rings. The van der Waals surface area contributed by atoms with E-state index in [9.17, 15) is 9.59 Å². The van der Waals surface area contributed by atoms with Gasteiger partial charge in [0, 0.05) is 17.6 Å². The number of hydrogen-bond donors (Lipinski definition) is 2. The van der Waals surface area contributed by atoms with E-state index in [2.05, 4.69) is 0 Å². The molecule has 0 saturated heterocycles. The van der Waals surface area contributed by atoms with E-state index in [-0.39, 0.29) is 5.41 Å². The van der Waals surface area contributed by atoms with Crippen LogP contribution in [0, 0.1) is 5.41 Å². The van der Waals surface area contributed by atoms with Gasteiger partial charge in [0.25, 0.3) is 0 Å². The third-order valence-corrected chi connectivity index (χ3v) is 2.40. The van der Waals surface area contributed by atoms with Crippen molar-refractivity contribution < 1.29 is 19.8 Å². The monoisotopic (exact) mass is 196 g/mol. The fourth-order valence-corrected chi connectivity index (χ4v) is 1.45. The minimum Gasteiger partial charge on any atom is -0.478 e. The standard InChI is InChI=1S/C10H12O4/c11-8(12)2-6-10(4-1-5-10)7-3-9(13)14/h2-3,6-7H,1,4-5H2,(H,11,12)(H,13,14). The third-order valence-electron chi connectivity index (χ3n) is 2.40. The Balaban J connectivity index is 2.67. The van der Waals surface area contributed by atoms with Gasteiger partial charge in [-0.1, -0.05) is 18.6 Å². The van der Waals surface area contributed by atoms with Crippen molar-refractivity contribution in [1.82, 2.24) is 0 Å². The van der Waals surface area contributed by atoms with Crippen LogP contribution < -0.4 is 0 Å². The summed E-state index contributed by atoms with van der Waals surface area (Å²) in [6.07, 6.45) is 7.93. The van der Waals surface area contributed by atoms with E-state index in [1.165, 1.54) is 0 Å². The molecule has 0 aromatic heterocycles. The van der Waals surface area contributed by atoms with Crippen LogP contribution >= 0.6 is 0 Å². The van der Waals surface area contributed by atoms with E-state index >= 15 is 0 Å². The van der Waals surface area contributed by atoms with Crippen LogP contribution in [0.5, 0.6) is 0 Å². The predicted molar refractivity (Wildman–Crippen MR) is 49.8 cm³/mol. The topological polar surface area (TPSA) is 74.6 Å². The van der Waals surface area contributed by atoms with E-state index in [0.29, 0.717) is 0 Å². The van der Waals surface area contributed by atoms with Crippen molar-refractivity contribution in [2.45, 2.75) is 19.3 Å². The van der Waals surface area contributed by atoms with Gasteiger partial charge >= 0.3 is 11.9 Å². The first-order chi connectivity index (χ1) is 6.54. The molecule has 1 rings (SSSR count). The average Bonchev–Trinajstić information content (AvgIpc) is 2.01. The lowest BCUT2D eigenvalue weighted by Gasteiger charge is -2.36. The first-order valence-electron chi connectivity index (χ1n) is 4.38. The van der Waals surface area contributed by atoms with Crippen LogP contribution in [0.3, 0.4) is 0 Å². The molecule has 0 aliphatic heterocycles. The SMILES string of the molecule is O=C(O)C=CC1(C=CC(=O)O)CCC1. The van der Waals surface area contributed by atoms with Crippen molar-refractivity contribution in [1.29, 1.82) is 0 Å². The minimum atomic E-state index is -1.000. The second-order valence-electron chi connectivity index (χ2n) is 3.43. The van der Waals surface area contributed by atoms with Crippen LogP contribution in [0.15, 0.2) is 24.3 Å². The highest BCUT2D eigenvalue weighted by Crippen LogP contribution is 2.43. The minimum absolute atomic E-state index is 0.337. The molecule has 1 aliphatic carbocycles. The maximum absolute atomic E-state index is 10.3. The van der Waals surface area contributed by atoms with Crippen LogP contribution in [-0.2, 0) is 9.59 Å². The van der Waals surface area contributed by atoms with Gasteiger partial charge in [-0.25, -0.2) is 9.59 Å². The number of carboxylic acid groups (broad SMARTS) is 2. The van der Waals surface area contributed by atoms with Gasteiger partial charge in [0.05, 0.1) is 0 Å². The summed E-state index contributed by atoms with van der Waals surface area (Å²) in [6, 6.07) is 0. The Morgan fingerprint density at radius 2 is 1.43 bits per heavy atom.